The summed E-state index contributed by atoms with van der Waals surface area (Å²) in [7, 11) is -0.136. The molecule has 0 nitrogen and oxygen atoms in total. The second-order valence-electron chi connectivity index (χ2n) is 11.6. The van der Waals surface area contributed by atoms with Gasteiger partial charge >= 0.3 is 0 Å². The highest BCUT2D eigenvalue weighted by atomic mass is 28.3. The smallest absolute Gasteiger partial charge is 0.131 e. The van der Waals surface area contributed by atoms with E-state index in [1.165, 1.54) is 113 Å². The zero-order chi connectivity index (χ0) is 24.5. The lowest BCUT2D eigenvalue weighted by Crippen LogP contribution is -2.20. The molecule has 0 aromatic heterocycles. The Balaban J connectivity index is 1.30. The first-order chi connectivity index (χ1) is 17.2. The minimum atomic E-state index is -0.136. The number of rotatable bonds is 11. The van der Waals surface area contributed by atoms with Gasteiger partial charge in [0.1, 0.15) is 5.82 Å². The SMILES string of the molecule is CCCCCC1CCC(c2ccc(-c3ccc(C4CC[Si](CCCCC)CC4)cc3F)cc2)CC1. The molecule has 2 aliphatic rings. The molecule has 1 aliphatic heterocycles. The molecule has 0 bridgehead atoms. The molecular formula is C33H48FSi. The summed E-state index contributed by atoms with van der Waals surface area (Å²) in [5.74, 6) is 2.17. The van der Waals surface area contributed by atoms with Crippen LogP contribution in [0.1, 0.15) is 120 Å². The number of halogens is 1. The molecule has 191 valence electrons. The van der Waals surface area contributed by atoms with Crippen LogP contribution >= 0.6 is 0 Å². The van der Waals surface area contributed by atoms with Crippen LogP contribution in [0.5, 0.6) is 0 Å². The number of benzene rings is 2. The Bertz CT molecular complexity index is 872. The van der Waals surface area contributed by atoms with Gasteiger partial charge in [0.2, 0.25) is 0 Å². The summed E-state index contributed by atoms with van der Waals surface area (Å²) in [6.45, 7) is 4.59. The second kappa shape index (κ2) is 13.8. The van der Waals surface area contributed by atoms with Crippen LogP contribution in [-0.2, 0) is 0 Å². The topological polar surface area (TPSA) is 0 Å². The maximum absolute atomic E-state index is 15.2. The molecule has 0 spiro atoms. The van der Waals surface area contributed by atoms with Gasteiger partial charge in [0.25, 0.3) is 0 Å². The van der Waals surface area contributed by atoms with Crippen molar-refractivity contribution >= 4 is 8.80 Å². The minimum absolute atomic E-state index is 0.0399. The Morgan fingerprint density at radius 2 is 1.34 bits per heavy atom. The van der Waals surface area contributed by atoms with E-state index in [-0.39, 0.29) is 14.6 Å². The highest BCUT2D eigenvalue weighted by molar-refractivity contribution is 6.59. The van der Waals surface area contributed by atoms with Gasteiger partial charge in [-0.05, 0) is 79.0 Å². The van der Waals surface area contributed by atoms with Crippen LogP contribution in [0.25, 0.3) is 11.1 Å². The van der Waals surface area contributed by atoms with Gasteiger partial charge in [0.05, 0.1) is 0 Å². The van der Waals surface area contributed by atoms with Gasteiger partial charge in [0.15, 0.2) is 0 Å². The second-order valence-corrected chi connectivity index (χ2v) is 14.6. The molecule has 1 heterocycles. The molecule has 2 heteroatoms. The van der Waals surface area contributed by atoms with Gasteiger partial charge < -0.3 is 0 Å². The Morgan fingerprint density at radius 1 is 0.714 bits per heavy atom. The Kier molecular flexibility index (Phi) is 10.5. The van der Waals surface area contributed by atoms with Gasteiger partial charge in [-0.3, -0.25) is 0 Å². The first-order valence-corrected chi connectivity index (χ1v) is 17.0. The van der Waals surface area contributed by atoms with Crippen LogP contribution in [0, 0.1) is 11.7 Å². The molecule has 0 amide bonds. The Morgan fingerprint density at radius 3 is 2.00 bits per heavy atom. The van der Waals surface area contributed by atoms with Crippen molar-refractivity contribution in [1.29, 1.82) is 0 Å². The lowest BCUT2D eigenvalue weighted by molar-refractivity contribution is 0.303. The number of unbranched alkanes of at least 4 members (excludes halogenated alkanes) is 4. The van der Waals surface area contributed by atoms with Crippen molar-refractivity contribution in [2.45, 2.75) is 127 Å². The molecule has 2 aromatic carbocycles. The van der Waals surface area contributed by atoms with Gasteiger partial charge in [-0.2, -0.15) is 0 Å². The van der Waals surface area contributed by atoms with Gasteiger partial charge in [-0.25, -0.2) is 4.39 Å². The van der Waals surface area contributed by atoms with Crippen LogP contribution in [0.4, 0.5) is 4.39 Å². The first-order valence-electron chi connectivity index (χ1n) is 14.9. The van der Waals surface area contributed by atoms with Crippen LogP contribution in [-0.4, -0.2) is 8.80 Å². The standard InChI is InChI=1S/C33H48FSi/c1-3-5-7-9-26-10-12-27(13-11-26)28-14-16-30(17-15-28)32-19-18-31(25-33(32)34)29-20-23-35(24-21-29)22-8-6-4-2/h14-19,25-27,29H,3-13,20-24H2,1-2H3. The molecule has 0 atom stereocenters. The van der Waals surface area contributed by atoms with E-state index in [0.717, 1.165) is 17.0 Å². The summed E-state index contributed by atoms with van der Waals surface area (Å²) in [6, 6.07) is 19.3. The number of hydrogen-bond acceptors (Lipinski definition) is 0. The summed E-state index contributed by atoms with van der Waals surface area (Å²) in [4.78, 5) is 0. The fourth-order valence-corrected chi connectivity index (χ4v) is 9.67. The molecule has 1 saturated heterocycles. The predicted octanol–water partition coefficient (Wildman–Crippen LogP) is 10.9. The summed E-state index contributed by atoms with van der Waals surface area (Å²) >= 11 is 0. The van der Waals surface area contributed by atoms with E-state index in [1.807, 2.05) is 12.1 Å². The van der Waals surface area contributed by atoms with Crippen molar-refractivity contribution in [3.63, 3.8) is 0 Å². The highest BCUT2D eigenvalue weighted by Crippen LogP contribution is 2.39. The average molecular weight is 492 g/mol. The molecule has 2 fully saturated rings. The van der Waals surface area contributed by atoms with Crippen molar-refractivity contribution < 1.29 is 4.39 Å². The Hall–Kier alpha value is -1.41. The molecule has 4 rings (SSSR count). The third-order valence-corrected chi connectivity index (χ3v) is 12.1. The Labute approximate surface area is 216 Å². The van der Waals surface area contributed by atoms with Crippen molar-refractivity contribution in [2.24, 2.45) is 5.92 Å². The third kappa shape index (κ3) is 7.54. The zero-order valence-electron chi connectivity index (χ0n) is 22.5. The summed E-state index contributed by atoms with van der Waals surface area (Å²) in [6.07, 6.45) is 17.7. The van der Waals surface area contributed by atoms with Gasteiger partial charge in [0, 0.05) is 14.4 Å². The van der Waals surface area contributed by atoms with E-state index in [4.69, 9.17) is 0 Å². The van der Waals surface area contributed by atoms with Crippen molar-refractivity contribution in [1.82, 2.24) is 0 Å². The van der Waals surface area contributed by atoms with Crippen LogP contribution in [0.3, 0.4) is 0 Å². The van der Waals surface area contributed by atoms with Gasteiger partial charge in [-0.15, -0.1) is 0 Å². The normalized spacial score (nSPS) is 21.9. The van der Waals surface area contributed by atoms with Crippen molar-refractivity contribution in [3.8, 4) is 11.1 Å². The average Bonchev–Trinajstić information content (AvgIpc) is 2.90. The molecule has 35 heavy (non-hydrogen) atoms. The number of hydrogen-bond donors (Lipinski definition) is 0. The van der Waals surface area contributed by atoms with E-state index < -0.39 is 0 Å². The van der Waals surface area contributed by atoms with E-state index in [1.54, 1.807) is 0 Å². The van der Waals surface area contributed by atoms with Gasteiger partial charge in [-0.1, -0.05) is 113 Å². The monoisotopic (exact) mass is 491 g/mol. The molecule has 1 radical (unpaired) electrons. The van der Waals surface area contributed by atoms with E-state index in [2.05, 4.69) is 44.2 Å². The van der Waals surface area contributed by atoms with E-state index in [9.17, 15) is 0 Å². The molecule has 0 N–H and O–H groups in total. The van der Waals surface area contributed by atoms with Crippen LogP contribution in [0.2, 0.25) is 18.1 Å². The summed E-state index contributed by atoms with van der Waals surface area (Å²) in [5.41, 5.74) is 4.47. The summed E-state index contributed by atoms with van der Waals surface area (Å²) < 4.78 is 15.2. The molecule has 2 aromatic rings. The quantitative estimate of drug-likeness (QED) is 0.216. The fraction of sp³-hybridized carbons (Fsp3) is 0.636. The first kappa shape index (κ1) is 26.6. The molecule has 1 aliphatic carbocycles. The van der Waals surface area contributed by atoms with E-state index in [0.29, 0.717) is 11.8 Å². The fourth-order valence-electron chi connectivity index (χ4n) is 6.66. The maximum Gasteiger partial charge on any atom is 0.131 e. The zero-order valence-corrected chi connectivity index (χ0v) is 23.5. The predicted molar refractivity (Wildman–Crippen MR) is 152 cm³/mol. The lowest BCUT2D eigenvalue weighted by Gasteiger charge is -2.29. The van der Waals surface area contributed by atoms with Crippen LogP contribution in [0.15, 0.2) is 42.5 Å². The van der Waals surface area contributed by atoms with E-state index >= 15 is 4.39 Å². The summed E-state index contributed by atoms with van der Waals surface area (Å²) in [5, 5.41) is 0. The van der Waals surface area contributed by atoms with Crippen molar-refractivity contribution in [2.75, 3.05) is 0 Å². The minimum Gasteiger partial charge on any atom is -0.206 e. The molecular weight excluding hydrogens is 443 g/mol. The largest absolute Gasteiger partial charge is 0.206 e. The van der Waals surface area contributed by atoms with Crippen molar-refractivity contribution in [3.05, 3.63) is 59.4 Å². The maximum atomic E-state index is 15.2. The highest BCUT2D eigenvalue weighted by Gasteiger charge is 2.24. The molecule has 1 saturated carbocycles. The molecule has 0 unspecified atom stereocenters. The van der Waals surface area contributed by atoms with Crippen LogP contribution < -0.4 is 0 Å². The lowest BCUT2D eigenvalue weighted by atomic mass is 9.77. The third-order valence-electron chi connectivity index (χ3n) is 9.05.